The van der Waals surface area contributed by atoms with Gasteiger partial charge in [0.25, 0.3) is 0 Å². The van der Waals surface area contributed by atoms with E-state index in [2.05, 4.69) is 15.6 Å². The Hall–Kier alpha value is -1.14. The van der Waals surface area contributed by atoms with E-state index in [1.165, 1.54) is 0 Å². The molecule has 20 heavy (non-hydrogen) atoms. The number of aromatic nitrogens is 3. The lowest BCUT2D eigenvalue weighted by Gasteiger charge is -2.06. The van der Waals surface area contributed by atoms with Crippen molar-refractivity contribution < 1.29 is 4.74 Å². The lowest BCUT2D eigenvalue weighted by atomic mass is 10.2. The Kier molecular flexibility index (Phi) is 5.37. The molecular weight excluding hydrogens is 299 g/mol. The quantitative estimate of drug-likeness (QED) is 0.833. The van der Waals surface area contributed by atoms with Gasteiger partial charge in [-0.25, -0.2) is 4.68 Å². The number of hydrogen-bond acceptors (Lipinski definition) is 4. The molecule has 2 rings (SSSR count). The van der Waals surface area contributed by atoms with Gasteiger partial charge in [0.2, 0.25) is 0 Å². The fraction of sp³-hybridized carbons (Fsp3) is 0.385. The van der Waals surface area contributed by atoms with Crippen LogP contribution in [-0.2, 0) is 11.3 Å². The van der Waals surface area contributed by atoms with Crippen LogP contribution in [0.4, 0.5) is 0 Å². The van der Waals surface area contributed by atoms with Crippen molar-refractivity contribution in [2.75, 3.05) is 20.3 Å². The molecule has 0 saturated heterocycles. The lowest BCUT2D eigenvalue weighted by Crippen LogP contribution is -2.18. The summed E-state index contributed by atoms with van der Waals surface area (Å²) in [5, 5.41) is 12.6. The van der Waals surface area contributed by atoms with E-state index in [-0.39, 0.29) is 0 Å². The maximum absolute atomic E-state index is 6.21. The summed E-state index contributed by atoms with van der Waals surface area (Å²) >= 11 is 12.3. The molecule has 0 aliphatic heterocycles. The van der Waals surface area contributed by atoms with E-state index in [1.807, 2.05) is 19.2 Å². The summed E-state index contributed by atoms with van der Waals surface area (Å²) < 4.78 is 6.58. The zero-order chi connectivity index (χ0) is 14.5. The largest absolute Gasteiger partial charge is 0.383 e. The van der Waals surface area contributed by atoms with Gasteiger partial charge in [0.1, 0.15) is 0 Å². The molecule has 0 spiro atoms. The van der Waals surface area contributed by atoms with Crippen LogP contribution in [0.25, 0.3) is 5.69 Å². The molecule has 1 N–H and O–H groups in total. The standard InChI is InChI=1S/C13H16Cl2N4O/c1-9-5-12(15)13(6-11(9)14)19-8-10(17-18-19)7-16-3-4-20-2/h5-6,8,16H,3-4,7H2,1-2H3. The lowest BCUT2D eigenvalue weighted by molar-refractivity contribution is 0.199. The predicted molar refractivity (Wildman–Crippen MR) is 79.7 cm³/mol. The molecule has 0 radical (unpaired) electrons. The SMILES string of the molecule is COCCNCc1cn(-c2cc(Cl)c(C)cc2Cl)nn1. The first-order valence-corrected chi connectivity index (χ1v) is 6.94. The first-order chi connectivity index (χ1) is 9.61. The first-order valence-electron chi connectivity index (χ1n) is 6.18. The second kappa shape index (κ2) is 7.04. The summed E-state index contributed by atoms with van der Waals surface area (Å²) in [6.45, 7) is 3.96. The third-order valence-corrected chi connectivity index (χ3v) is 3.51. The molecule has 0 fully saturated rings. The number of hydrogen-bond donors (Lipinski definition) is 1. The number of methoxy groups -OCH3 is 1. The summed E-state index contributed by atoms with van der Waals surface area (Å²) in [5.41, 5.74) is 2.48. The van der Waals surface area contributed by atoms with Crippen LogP contribution in [0.2, 0.25) is 10.0 Å². The summed E-state index contributed by atoms with van der Waals surface area (Å²) in [6.07, 6.45) is 1.83. The molecule has 1 aromatic carbocycles. The molecule has 0 aliphatic rings. The minimum atomic E-state index is 0.593. The van der Waals surface area contributed by atoms with E-state index >= 15 is 0 Å². The molecule has 1 aromatic heterocycles. The van der Waals surface area contributed by atoms with Crippen molar-refractivity contribution >= 4 is 23.2 Å². The molecule has 0 saturated carbocycles. The van der Waals surface area contributed by atoms with Gasteiger partial charge < -0.3 is 10.1 Å². The fourth-order valence-corrected chi connectivity index (χ4v) is 2.16. The fourth-order valence-electron chi connectivity index (χ4n) is 1.70. The number of rotatable bonds is 6. The van der Waals surface area contributed by atoms with Gasteiger partial charge >= 0.3 is 0 Å². The molecule has 0 unspecified atom stereocenters. The second-order valence-corrected chi connectivity index (χ2v) is 5.19. The van der Waals surface area contributed by atoms with E-state index in [4.69, 9.17) is 27.9 Å². The smallest absolute Gasteiger partial charge is 0.0969 e. The average Bonchev–Trinajstić information content (AvgIpc) is 2.87. The highest BCUT2D eigenvalue weighted by molar-refractivity contribution is 6.35. The van der Waals surface area contributed by atoms with Crippen LogP contribution in [0.3, 0.4) is 0 Å². The van der Waals surface area contributed by atoms with E-state index in [0.717, 1.165) is 23.5 Å². The van der Waals surface area contributed by atoms with Gasteiger partial charge in [0.05, 0.1) is 29.2 Å². The van der Waals surface area contributed by atoms with E-state index in [9.17, 15) is 0 Å². The zero-order valence-electron chi connectivity index (χ0n) is 11.4. The molecule has 0 atom stereocenters. The van der Waals surface area contributed by atoms with Crippen molar-refractivity contribution in [1.82, 2.24) is 20.3 Å². The number of halogens is 2. The Morgan fingerprint density at radius 3 is 2.85 bits per heavy atom. The van der Waals surface area contributed by atoms with Crippen molar-refractivity contribution in [3.8, 4) is 5.69 Å². The van der Waals surface area contributed by atoms with Crippen LogP contribution < -0.4 is 5.32 Å². The molecule has 108 valence electrons. The van der Waals surface area contributed by atoms with Crippen molar-refractivity contribution in [3.05, 3.63) is 39.6 Å². The van der Waals surface area contributed by atoms with E-state index in [1.54, 1.807) is 17.9 Å². The Balaban J connectivity index is 2.10. The number of ether oxygens (including phenoxy) is 1. The molecule has 2 aromatic rings. The summed E-state index contributed by atoms with van der Waals surface area (Å²) in [6, 6.07) is 3.60. The van der Waals surface area contributed by atoms with Gasteiger partial charge in [-0.15, -0.1) is 5.10 Å². The summed E-state index contributed by atoms with van der Waals surface area (Å²) in [5.74, 6) is 0. The second-order valence-electron chi connectivity index (χ2n) is 4.38. The first kappa shape index (κ1) is 15.3. The molecular formula is C13H16Cl2N4O. The van der Waals surface area contributed by atoms with Gasteiger partial charge in [-0.3, -0.25) is 0 Å². The Labute approximate surface area is 127 Å². The Bertz CT molecular complexity index is 586. The minimum absolute atomic E-state index is 0.593. The minimum Gasteiger partial charge on any atom is -0.383 e. The van der Waals surface area contributed by atoms with Gasteiger partial charge in [0.15, 0.2) is 0 Å². The van der Waals surface area contributed by atoms with Crippen molar-refractivity contribution in [2.45, 2.75) is 13.5 Å². The summed E-state index contributed by atoms with van der Waals surface area (Å²) in [4.78, 5) is 0. The Morgan fingerprint density at radius 1 is 1.30 bits per heavy atom. The molecule has 7 heteroatoms. The van der Waals surface area contributed by atoms with E-state index in [0.29, 0.717) is 23.2 Å². The van der Waals surface area contributed by atoms with Crippen LogP contribution in [0.15, 0.2) is 18.3 Å². The maximum Gasteiger partial charge on any atom is 0.0969 e. The predicted octanol–water partition coefficient (Wildman–Crippen LogP) is 2.62. The monoisotopic (exact) mass is 314 g/mol. The van der Waals surface area contributed by atoms with Gasteiger partial charge in [-0.1, -0.05) is 28.4 Å². The third-order valence-electron chi connectivity index (χ3n) is 2.80. The van der Waals surface area contributed by atoms with Crippen LogP contribution in [0, 0.1) is 6.92 Å². The van der Waals surface area contributed by atoms with Crippen LogP contribution in [0.1, 0.15) is 11.3 Å². The Morgan fingerprint density at radius 2 is 2.10 bits per heavy atom. The number of benzene rings is 1. The summed E-state index contributed by atoms with van der Waals surface area (Å²) in [7, 11) is 1.67. The molecule has 5 nitrogen and oxygen atoms in total. The maximum atomic E-state index is 6.21. The van der Waals surface area contributed by atoms with Crippen LogP contribution >= 0.6 is 23.2 Å². The van der Waals surface area contributed by atoms with Crippen molar-refractivity contribution in [2.24, 2.45) is 0 Å². The number of nitrogens with one attached hydrogen (secondary N) is 1. The zero-order valence-corrected chi connectivity index (χ0v) is 12.9. The van der Waals surface area contributed by atoms with Crippen molar-refractivity contribution in [3.63, 3.8) is 0 Å². The highest BCUT2D eigenvalue weighted by Crippen LogP contribution is 2.27. The van der Waals surface area contributed by atoms with Gasteiger partial charge in [-0.2, -0.15) is 0 Å². The van der Waals surface area contributed by atoms with E-state index < -0.39 is 0 Å². The van der Waals surface area contributed by atoms with Gasteiger partial charge in [-0.05, 0) is 24.6 Å². The third kappa shape index (κ3) is 3.70. The highest BCUT2D eigenvalue weighted by Gasteiger charge is 2.09. The van der Waals surface area contributed by atoms with Gasteiger partial charge in [0, 0.05) is 25.2 Å². The number of aryl methyl sites for hydroxylation is 1. The topological polar surface area (TPSA) is 52.0 Å². The molecule has 0 amide bonds. The number of nitrogens with zero attached hydrogens (tertiary/aromatic N) is 3. The molecule has 0 aliphatic carbocycles. The normalized spacial score (nSPS) is 11.0. The highest BCUT2D eigenvalue weighted by atomic mass is 35.5. The van der Waals surface area contributed by atoms with Crippen LogP contribution in [-0.4, -0.2) is 35.3 Å². The molecule has 1 heterocycles. The molecule has 0 bridgehead atoms. The van der Waals surface area contributed by atoms with Crippen LogP contribution in [0.5, 0.6) is 0 Å². The van der Waals surface area contributed by atoms with Crippen molar-refractivity contribution in [1.29, 1.82) is 0 Å². The average molecular weight is 315 g/mol.